The van der Waals surface area contributed by atoms with Gasteiger partial charge in [0.15, 0.2) is 5.65 Å². The van der Waals surface area contributed by atoms with Gasteiger partial charge in [0, 0.05) is 37.1 Å². The van der Waals surface area contributed by atoms with Crippen LogP contribution in [0.4, 0.5) is 11.8 Å². The number of fused-ring (bicyclic) bond motifs is 3. The molecule has 4 aromatic rings. The van der Waals surface area contributed by atoms with Crippen LogP contribution in [0.3, 0.4) is 0 Å². The average molecular weight is 390 g/mol. The molecule has 0 bridgehead atoms. The van der Waals surface area contributed by atoms with Crippen LogP contribution in [0.15, 0.2) is 30.7 Å². The number of nitrogens with zero attached hydrogens (tertiary/aromatic N) is 5. The van der Waals surface area contributed by atoms with Crippen LogP contribution in [0.1, 0.15) is 25.7 Å². The molecular formula is C20H22N8O. The zero-order valence-corrected chi connectivity index (χ0v) is 16.1. The number of aromatic amines is 1. The van der Waals surface area contributed by atoms with Crippen LogP contribution < -0.4 is 10.6 Å². The number of anilines is 2. The van der Waals surface area contributed by atoms with E-state index in [1.54, 1.807) is 10.7 Å². The Morgan fingerprint density at radius 3 is 3.07 bits per heavy atom. The Morgan fingerprint density at radius 2 is 2.21 bits per heavy atom. The van der Waals surface area contributed by atoms with Crippen molar-refractivity contribution >= 4 is 28.4 Å². The molecule has 9 heteroatoms. The predicted octanol–water partition coefficient (Wildman–Crippen LogP) is 2.42. The first-order valence-corrected chi connectivity index (χ1v) is 9.99. The first kappa shape index (κ1) is 16.7. The minimum atomic E-state index is -0.392. The zero-order valence-electron chi connectivity index (χ0n) is 16.1. The molecule has 6 rings (SSSR count). The molecule has 4 heterocycles. The van der Waals surface area contributed by atoms with Gasteiger partial charge in [-0.15, -0.1) is 0 Å². The van der Waals surface area contributed by atoms with Gasteiger partial charge in [0.2, 0.25) is 5.95 Å². The van der Waals surface area contributed by atoms with Crippen LogP contribution in [-0.2, 0) is 0 Å². The van der Waals surface area contributed by atoms with Crippen LogP contribution in [0, 0.1) is 5.92 Å². The van der Waals surface area contributed by atoms with Gasteiger partial charge in [0.05, 0.1) is 22.9 Å². The summed E-state index contributed by atoms with van der Waals surface area (Å²) in [6, 6.07) is 4.11. The normalized spacial score (nSPS) is 25.9. The van der Waals surface area contributed by atoms with E-state index in [0.717, 1.165) is 59.4 Å². The lowest BCUT2D eigenvalue weighted by atomic mass is 9.93. The maximum atomic E-state index is 10.2. The summed E-state index contributed by atoms with van der Waals surface area (Å²) < 4.78 is 1.74. The molecule has 0 radical (unpaired) electrons. The second kappa shape index (κ2) is 5.90. The summed E-state index contributed by atoms with van der Waals surface area (Å²) in [7, 11) is 1.86. The molecule has 0 saturated heterocycles. The standard InChI is InChI=1S/C20H22N8O/c1-21-17-16-13(14-4-7-28-15(25-14)3-6-23-28)10-22-18(16)27-19(26-17)24-12-2-5-20(29)9-11(20)8-12/h3-4,6-7,10-12,29H,2,5,8-9H2,1H3,(H3,21,22,24,26,27)/t11?,12-,20-/m0/s1. The molecule has 148 valence electrons. The summed E-state index contributed by atoms with van der Waals surface area (Å²) in [5, 5.41) is 22.0. The van der Waals surface area contributed by atoms with Gasteiger partial charge in [0.1, 0.15) is 11.5 Å². The van der Waals surface area contributed by atoms with Crippen LogP contribution in [0.25, 0.3) is 27.9 Å². The minimum Gasteiger partial charge on any atom is -0.390 e. The fourth-order valence-corrected chi connectivity index (χ4v) is 4.62. The van der Waals surface area contributed by atoms with Crippen molar-refractivity contribution in [3.63, 3.8) is 0 Å². The molecule has 1 unspecified atom stereocenters. The molecule has 0 spiro atoms. The first-order chi connectivity index (χ1) is 14.1. The van der Waals surface area contributed by atoms with E-state index in [-0.39, 0.29) is 0 Å². The van der Waals surface area contributed by atoms with Crippen molar-refractivity contribution in [3.05, 3.63) is 30.7 Å². The van der Waals surface area contributed by atoms with Crippen molar-refractivity contribution in [2.75, 3.05) is 17.7 Å². The third kappa shape index (κ3) is 2.65. The lowest BCUT2D eigenvalue weighted by Gasteiger charge is -2.25. The molecular weight excluding hydrogens is 368 g/mol. The summed E-state index contributed by atoms with van der Waals surface area (Å²) in [5.74, 6) is 1.77. The summed E-state index contributed by atoms with van der Waals surface area (Å²) >= 11 is 0. The molecule has 2 saturated carbocycles. The van der Waals surface area contributed by atoms with E-state index in [1.165, 1.54) is 0 Å². The van der Waals surface area contributed by atoms with Crippen molar-refractivity contribution in [1.82, 2.24) is 29.5 Å². The Hall–Kier alpha value is -3.20. The zero-order chi connectivity index (χ0) is 19.6. The van der Waals surface area contributed by atoms with E-state index >= 15 is 0 Å². The largest absolute Gasteiger partial charge is 0.390 e. The molecule has 2 fully saturated rings. The summed E-state index contributed by atoms with van der Waals surface area (Å²) in [5.41, 5.74) is 2.94. The Kier molecular flexibility index (Phi) is 3.40. The van der Waals surface area contributed by atoms with E-state index in [4.69, 9.17) is 15.0 Å². The monoisotopic (exact) mass is 390 g/mol. The van der Waals surface area contributed by atoms with Crippen molar-refractivity contribution < 1.29 is 5.11 Å². The topological polar surface area (TPSA) is 116 Å². The highest BCUT2D eigenvalue weighted by Crippen LogP contribution is 2.53. The quantitative estimate of drug-likeness (QED) is 0.423. The van der Waals surface area contributed by atoms with E-state index in [2.05, 4.69) is 20.7 Å². The number of hydrogen-bond acceptors (Lipinski definition) is 7. The SMILES string of the molecule is CNc1nc(N[C@H]2CC[C@]3(O)CC3C2)nc2[nH]cc(-c3ccn4nccc4n3)c12. The molecule has 0 aliphatic heterocycles. The van der Waals surface area contributed by atoms with Gasteiger partial charge in [-0.25, -0.2) is 9.50 Å². The minimum absolute atomic E-state index is 0.297. The van der Waals surface area contributed by atoms with Gasteiger partial charge in [-0.1, -0.05) is 0 Å². The highest BCUT2D eigenvalue weighted by molar-refractivity contribution is 6.00. The number of rotatable bonds is 4. The van der Waals surface area contributed by atoms with Gasteiger partial charge in [0.25, 0.3) is 0 Å². The predicted molar refractivity (Wildman–Crippen MR) is 110 cm³/mol. The number of H-pyrrole nitrogens is 1. The molecule has 2 aliphatic carbocycles. The van der Waals surface area contributed by atoms with Crippen LogP contribution in [0.2, 0.25) is 0 Å². The van der Waals surface area contributed by atoms with E-state index in [9.17, 15) is 5.11 Å². The van der Waals surface area contributed by atoms with Crippen molar-refractivity contribution in [1.29, 1.82) is 0 Å². The fraction of sp³-hybridized carbons (Fsp3) is 0.400. The van der Waals surface area contributed by atoms with Crippen LogP contribution in [-0.4, -0.2) is 53.3 Å². The molecule has 29 heavy (non-hydrogen) atoms. The number of aliphatic hydroxyl groups is 1. The van der Waals surface area contributed by atoms with Gasteiger partial charge >= 0.3 is 0 Å². The second-order valence-electron chi connectivity index (χ2n) is 8.14. The van der Waals surface area contributed by atoms with Gasteiger partial charge in [-0.05, 0) is 37.7 Å². The molecule has 2 aliphatic rings. The van der Waals surface area contributed by atoms with Crippen molar-refractivity contribution in [2.24, 2.45) is 5.92 Å². The summed E-state index contributed by atoms with van der Waals surface area (Å²) in [4.78, 5) is 17.4. The number of hydrogen-bond donors (Lipinski definition) is 4. The van der Waals surface area contributed by atoms with E-state index < -0.39 is 5.60 Å². The second-order valence-corrected chi connectivity index (χ2v) is 8.14. The Morgan fingerprint density at radius 1 is 1.28 bits per heavy atom. The van der Waals surface area contributed by atoms with E-state index in [0.29, 0.717) is 17.9 Å². The van der Waals surface area contributed by atoms with Gasteiger partial charge in [-0.3, -0.25) is 0 Å². The molecule has 0 aromatic carbocycles. The van der Waals surface area contributed by atoms with Crippen molar-refractivity contribution in [3.8, 4) is 11.3 Å². The third-order valence-electron chi connectivity index (χ3n) is 6.33. The maximum absolute atomic E-state index is 10.2. The lowest BCUT2D eigenvalue weighted by Crippen LogP contribution is -2.30. The highest BCUT2D eigenvalue weighted by Gasteiger charge is 2.55. The smallest absolute Gasteiger partial charge is 0.226 e. The third-order valence-corrected chi connectivity index (χ3v) is 6.33. The Labute approximate surface area is 166 Å². The summed E-state index contributed by atoms with van der Waals surface area (Å²) in [6.45, 7) is 0. The van der Waals surface area contributed by atoms with Gasteiger partial charge < -0.3 is 20.7 Å². The molecule has 0 amide bonds. The summed E-state index contributed by atoms with van der Waals surface area (Å²) in [6.07, 6.45) is 9.24. The van der Waals surface area contributed by atoms with Crippen LogP contribution >= 0.6 is 0 Å². The molecule has 3 atom stereocenters. The molecule has 9 nitrogen and oxygen atoms in total. The highest BCUT2D eigenvalue weighted by atomic mass is 16.3. The van der Waals surface area contributed by atoms with E-state index in [1.807, 2.05) is 31.6 Å². The number of aromatic nitrogens is 6. The first-order valence-electron chi connectivity index (χ1n) is 9.99. The fourth-order valence-electron chi connectivity index (χ4n) is 4.62. The van der Waals surface area contributed by atoms with Gasteiger partial charge in [-0.2, -0.15) is 15.1 Å². The lowest BCUT2D eigenvalue weighted by molar-refractivity contribution is 0.0981. The maximum Gasteiger partial charge on any atom is 0.226 e. The number of nitrogens with one attached hydrogen (secondary N) is 3. The average Bonchev–Trinajstić information content (AvgIpc) is 3.07. The van der Waals surface area contributed by atoms with Crippen molar-refractivity contribution in [2.45, 2.75) is 37.3 Å². The van der Waals surface area contributed by atoms with Crippen LogP contribution in [0.5, 0.6) is 0 Å². The molecule has 4 aromatic heterocycles. The molecule has 4 N–H and O–H groups in total. The Bertz CT molecular complexity index is 1230. The Balaban J connectivity index is 1.36.